The van der Waals surface area contributed by atoms with E-state index in [1.54, 1.807) is 20.1 Å². The highest BCUT2D eigenvalue weighted by molar-refractivity contribution is 5.46. The molecular weight excluding hydrogens is 276 g/mol. The van der Waals surface area contributed by atoms with Gasteiger partial charge in [-0.1, -0.05) is 18.2 Å². The number of aromatic nitrogens is 2. The number of nitrogens with one attached hydrogen (secondary N) is 1. The zero-order valence-electron chi connectivity index (χ0n) is 11.9. The van der Waals surface area contributed by atoms with E-state index in [0.717, 1.165) is 11.3 Å². The van der Waals surface area contributed by atoms with Crippen molar-refractivity contribution in [2.24, 2.45) is 0 Å². The maximum absolute atomic E-state index is 13.4. The molecule has 4 nitrogen and oxygen atoms in total. The van der Waals surface area contributed by atoms with E-state index < -0.39 is 12.5 Å². The van der Waals surface area contributed by atoms with Crippen molar-refractivity contribution in [3.8, 4) is 5.75 Å². The molecule has 1 aromatic carbocycles. The smallest absolute Gasteiger partial charge is 0.260 e. The van der Waals surface area contributed by atoms with Gasteiger partial charge in [-0.2, -0.15) is 5.10 Å². The van der Waals surface area contributed by atoms with E-state index in [-0.39, 0.29) is 12.5 Å². The molecule has 21 heavy (non-hydrogen) atoms. The lowest BCUT2D eigenvalue weighted by Crippen LogP contribution is -2.31. The molecule has 2 aromatic rings. The molecule has 0 amide bonds. The van der Waals surface area contributed by atoms with Crippen LogP contribution in [0, 0.1) is 6.92 Å². The van der Waals surface area contributed by atoms with Crippen molar-refractivity contribution in [1.29, 1.82) is 0 Å². The minimum Gasteiger partial charge on any atom is -0.496 e. The van der Waals surface area contributed by atoms with Crippen molar-refractivity contribution in [1.82, 2.24) is 9.78 Å². The average Bonchev–Trinajstić information content (AvgIpc) is 2.85. The van der Waals surface area contributed by atoms with Crippen LogP contribution in [-0.2, 0) is 0 Å². The van der Waals surface area contributed by atoms with Crippen molar-refractivity contribution in [2.75, 3.05) is 12.4 Å². The van der Waals surface area contributed by atoms with Crippen molar-refractivity contribution in [3.63, 3.8) is 0 Å². The Balaban J connectivity index is 2.00. The SMILES string of the molecule is COc1ccccc1[C@@H]1C[C@@H](C(F)F)n2nc(C)cc2N1. The number of hydrogen-bond donors (Lipinski definition) is 1. The Morgan fingerprint density at radius 1 is 1.38 bits per heavy atom. The lowest BCUT2D eigenvalue weighted by Gasteiger charge is -2.32. The van der Waals surface area contributed by atoms with E-state index in [4.69, 9.17) is 4.74 Å². The van der Waals surface area contributed by atoms with Gasteiger partial charge in [0.1, 0.15) is 17.6 Å². The predicted molar refractivity (Wildman–Crippen MR) is 76.0 cm³/mol. The number of nitrogens with zero attached hydrogens (tertiary/aromatic N) is 2. The van der Waals surface area contributed by atoms with Crippen molar-refractivity contribution < 1.29 is 13.5 Å². The van der Waals surface area contributed by atoms with Gasteiger partial charge >= 0.3 is 0 Å². The fraction of sp³-hybridized carbons (Fsp3) is 0.400. The van der Waals surface area contributed by atoms with Gasteiger partial charge in [0.05, 0.1) is 18.8 Å². The summed E-state index contributed by atoms with van der Waals surface area (Å²) < 4.78 is 33.5. The predicted octanol–water partition coefficient (Wildman–Crippen LogP) is 3.56. The topological polar surface area (TPSA) is 39.1 Å². The molecule has 112 valence electrons. The molecule has 2 heterocycles. The van der Waals surface area contributed by atoms with Crippen LogP contribution >= 0.6 is 0 Å². The molecule has 1 aliphatic heterocycles. The monoisotopic (exact) mass is 293 g/mol. The van der Waals surface area contributed by atoms with Crippen LogP contribution in [0.15, 0.2) is 30.3 Å². The standard InChI is InChI=1S/C15H17F2N3O/c1-9-7-14-18-11(8-12(15(16)17)20(14)19-9)10-5-3-4-6-13(10)21-2/h3-7,11-12,15,18H,8H2,1-2H3/t11-,12-/m0/s1. The number of aryl methyl sites for hydroxylation is 1. The number of halogens is 2. The number of methoxy groups -OCH3 is 1. The number of rotatable bonds is 3. The highest BCUT2D eigenvalue weighted by Gasteiger charge is 2.35. The fourth-order valence-electron chi connectivity index (χ4n) is 2.82. The number of ether oxygens (including phenoxy) is 1. The van der Waals surface area contributed by atoms with E-state index in [1.165, 1.54) is 4.68 Å². The van der Waals surface area contributed by atoms with E-state index in [9.17, 15) is 8.78 Å². The quantitative estimate of drug-likeness (QED) is 0.940. The second-order valence-electron chi connectivity index (χ2n) is 5.19. The van der Waals surface area contributed by atoms with Crippen molar-refractivity contribution in [2.45, 2.75) is 31.9 Å². The molecule has 0 unspecified atom stereocenters. The molecule has 2 atom stereocenters. The summed E-state index contributed by atoms with van der Waals surface area (Å²) in [6.07, 6.45) is -2.19. The fourth-order valence-corrected chi connectivity index (χ4v) is 2.82. The Hall–Kier alpha value is -2.11. The first-order chi connectivity index (χ1) is 10.1. The Morgan fingerprint density at radius 3 is 2.86 bits per heavy atom. The zero-order valence-corrected chi connectivity index (χ0v) is 11.9. The molecule has 0 saturated carbocycles. The summed E-state index contributed by atoms with van der Waals surface area (Å²) in [5.74, 6) is 1.33. The number of alkyl halides is 2. The maximum atomic E-state index is 13.4. The van der Waals surface area contributed by atoms with E-state index in [2.05, 4.69) is 10.4 Å². The summed E-state index contributed by atoms with van der Waals surface area (Å²) in [6.45, 7) is 1.80. The molecule has 1 aromatic heterocycles. The number of fused-ring (bicyclic) bond motifs is 1. The van der Waals surface area contributed by atoms with Crippen LogP contribution in [0.1, 0.15) is 29.8 Å². The summed E-state index contributed by atoms with van der Waals surface area (Å²) in [7, 11) is 1.58. The Bertz CT molecular complexity index is 642. The lowest BCUT2D eigenvalue weighted by atomic mass is 9.96. The lowest BCUT2D eigenvalue weighted by molar-refractivity contribution is 0.0655. The number of anilines is 1. The largest absolute Gasteiger partial charge is 0.496 e. The van der Waals surface area contributed by atoms with Gasteiger partial charge in [0, 0.05) is 11.6 Å². The molecule has 6 heteroatoms. The molecule has 0 saturated heterocycles. The van der Waals surface area contributed by atoms with E-state index >= 15 is 0 Å². The minimum atomic E-state index is -2.46. The Kier molecular flexibility index (Phi) is 3.53. The summed E-state index contributed by atoms with van der Waals surface area (Å²) in [5, 5.41) is 7.45. The maximum Gasteiger partial charge on any atom is 0.260 e. The molecule has 0 radical (unpaired) electrons. The minimum absolute atomic E-state index is 0.219. The second kappa shape index (κ2) is 5.35. The summed E-state index contributed by atoms with van der Waals surface area (Å²) in [4.78, 5) is 0. The molecule has 0 fully saturated rings. The van der Waals surface area contributed by atoms with Gasteiger partial charge in [0.2, 0.25) is 0 Å². The van der Waals surface area contributed by atoms with Crippen LogP contribution in [0.3, 0.4) is 0 Å². The molecule has 1 aliphatic rings. The molecule has 1 N–H and O–H groups in total. The average molecular weight is 293 g/mol. The van der Waals surface area contributed by atoms with E-state index in [0.29, 0.717) is 11.6 Å². The number of hydrogen-bond acceptors (Lipinski definition) is 3. The normalized spacial score (nSPS) is 21.0. The first-order valence-corrected chi connectivity index (χ1v) is 6.84. The summed E-state index contributed by atoms with van der Waals surface area (Å²) in [6, 6.07) is 8.13. The highest BCUT2D eigenvalue weighted by atomic mass is 19.3. The van der Waals surface area contributed by atoms with Gasteiger partial charge in [-0.15, -0.1) is 0 Å². The van der Waals surface area contributed by atoms with Crippen LogP contribution in [0.25, 0.3) is 0 Å². The van der Waals surface area contributed by atoms with Crippen LogP contribution in [0.5, 0.6) is 5.75 Å². The molecule has 0 bridgehead atoms. The van der Waals surface area contributed by atoms with Gasteiger partial charge in [-0.05, 0) is 19.4 Å². The Morgan fingerprint density at radius 2 is 2.14 bits per heavy atom. The third kappa shape index (κ3) is 2.46. The van der Waals surface area contributed by atoms with E-state index in [1.807, 2.05) is 24.3 Å². The first kappa shape index (κ1) is 13.9. The molecule has 3 rings (SSSR count). The van der Waals surface area contributed by atoms with Crippen LogP contribution in [-0.4, -0.2) is 23.3 Å². The third-order valence-corrected chi connectivity index (χ3v) is 3.78. The van der Waals surface area contributed by atoms with Crippen molar-refractivity contribution in [3.05, 3.63) is 41.6 Å². The Labute approximate surface area is 121 Å². The van der Waals surface area contributed by atoms with Crippen LogP contribution in [0.2, 0.25) is 0 Å². The number of para-hydroxylation sites is 1. The summed E-state index contributed by atoms with van der Waals surface area (Å²) >= 11 is 0. The first-order valence-electron chi connectivity index (χ1n) is 6.84. The van der Waals surface area contributed by atoms with Gasteiger partial charge in [0.25, 0.3) is 6.43 Å². The van der Waals surface area contributed by atoms with Gasteiger partial charge in [0.15, 0.2) is 0 Å². The van der Waals surface area contributed by atoms with Crippen molar-refractivity contribution >= 4 is 5.82 Å². The van der Waals surface area contributed by atoms with Crippen LogP contribution in [0.4, 0.5) is 14.6 Å². The number of benzene rings is 1. The zero-order chi connectivity index (χ0) is 15.0. The molecule has 0 aliphatic carbocycles. The third-order valence-electron chi connectivity index (χ3n) is 3.78. The van der Waals surface area contributed by atoms with Gasteiger partial charge in [-0.3, -0.25) is 0 Å². The second-order valence-corrected chi connectivity index (χ2v) is 5.19. The highest BCUT2D eigenvalue weighted by Crippen LogP contribution is 2.40. The molecular formula is C15H17F2N3O. The van der Waals surface area contributed by atoms with Gasteiger partial charge < -0.3 is 10.1 Å². The van der Waals surface area contributed by atoms with Gasteiger partial charge in [-0.25, -0.2) is 13.5 Å². The summed E-state index contributed by atoms with van der Waals surface area (Å²) in [5.41, 5.74) is 1.61. The van der Waals surface area contributed by atoms with Crippen LogP contribution < -0.4 is 10.1 Å². The molecule has 0 spiro atoms.